The number of amides is 2. The number of hydrogen-bond acceptors (Lipinski definition) is 16. The van der Waals surface area contributed by atoms with Crippen molar-refractivity contribution in [2.24, 2.45) is 19.8 Å². The van der Waals surface area contributed by atoms with Crippen LogP contribution in [0.4, 0.5) is 46.7 Å². The van der Waals surface area contributed by atoms with E-state index in [-0.39, 0.29) is 93.5 Å². The van der Waals surface area contributed by atoms with E-state index in [1.165, 1.54) is 38.4 Å². The van der Waals surface area contributed by atoms with Gasteiger partial charge in [-0.2, -0.15) is 28.7 Å². The monoisotopic (exact) mass is 1090 g/mol. The standard InChI is InChI=1S/C25H29F2N9O2.C15H12ClF2N7O.C10H18N2O/c1-25(2)7-6-15-8-14(9-21(37)35(15)25)29-22-18(27)12-28-23(31-22)30-19-11-20(36-24(38)34(3)32-33-36)16(10-17(19)26)13-4-5-13;1-24-15(26)25(23-22-24)12-5-11(9(17)4-8(12)7-2-3-7)20-14-19-6-10(18)13(16)21-14;1-10(2)4-3-8-5-7(11)6-9(13)12(8)10/h10-15H,4-9H2,1-3H3,(H2,28,29,30,31);4-7H,2-3H2,1H3,(H,19,20,21);7-8H,3-6,11H2,1-2H3. The second-order valence-electron chi connectivity index (χ2n) is 21.9. The second kappa shape index (κ2) is 20.5. The summed E-state index contributed by atoms with van der Waals surface area (Å²) in [4.78, 5) is 69.0. The van der Waals surface area contributed by atoms with Gasteiger partial charge in [-0.05, 0) is 160 Å². The number of nitrogens with one attached hydrogen (secondary N) is 3. The van der Waals surface area contributed by atoms with Gasteiger partial charge >= 0.3 is 11.4 Å². The summed E-state index contributed by atoms with van der Waals surface area (Å²) in [5.74, 6) is -2.15. The lowest BCUT2D eigenvalue weighted by Crippen LogP contribution is -2.53. The molecule has 4 saturated heterocycles. The molecule has 6 aromatic rings. The molecule has 2 aromatic carbocycles. The minimum atomic E-state index is -0.784. The highest BCUT2D eigenvalue weighted by Crippen LogP contribution is 2.46. The summed E-state index contributed by atoms with van der Waals surface area (Å²) in [7, 11) is 2.96. The van der Waals surface area contributed by atoms with Crippen LogP contribution in [0.25, 0.3) is 11.4 Å². The third-order valence-electron chi connectivity index (χ3n) is 15.2. The van der Waals surface area contributed by atoms with Crippen LogP contribution in [-0.4, -0.2) is 116 Å². The van der Waals surface area contributed by atoms with E-state index in [0.717, 1.165) is 88.9 Å². The van der Waals surface area contributed by atoms with E-state index in [4.69, 9.17) is 17.3 Å². The van der Waals surface area contributed by atoms with Gasteiger partial charge in [0.2, 0.25) is 23.7 Å². The number of carbonyl (C=O) groups excluding carboxylic acids is 2. The van der Waals surface area contributed by atoms with Crippen LogP contribution in [0.1, 0.15) is 128 Å². The summed E-state index contributed by atoms with van der Waals surface area (Å²) in [6.45, 7) is 8.45. The fraction of sp³-hybridized carbons (Fsp3) is 0.520. The number of piperidine rings is 2. The van der Waals surface area contributed by atoms with Crippen molar-refractivity contribution >= 4 is 52.5 Å². The van der Waals surface area contributed by atoms with E-state index in [9.17, 15) is 32.3 Å². The summed E-state index contributed by atoms with van der Waals surface area (Å²) in [5, 5.41) is 23.3. The molecule has 2 amide bonds. The van der Waals surface area contributed by atoms with Crippen molar-refractivity contribution in [3.05, 3.63) is 97.2 Å². The van der Waals surface area contributed by atoms with Crippen LogP contribution in [0.3, 0.4) is 0 Å². The number of benzene rings is 2. The Morgan fingerprint density at radius 3 is 1.55 bits per heavy atom. The molecule has 0 radical (unpaired) electrons. The van der Waals surface area contributed by atoms with Crippen molar-refractivity contribution in [2.75, 3.05) is 16.0 Å². The van der Waals surface area contributed by atoms with Gasteiger partial charge in [0.1, 0.15) is 11.6 Å². The van der Waals surface area contributed by atoms with Crippen LogP contribution in [0.5, 0.6) is 0 Å². The van der Waals surface area contributed by atoms with Gasteiger partial charge in [-0.25, -0.2) is 37.1 Å². The van der Waals surface area contributed by atoms with E-state index < -0.39 is 34.6 Å². The summed E-state index contributed by atoms with van der Waals surface area (Å²) < 4.78 is 61.9. The highest BCUT2D eigenvalue weighted by Gasteiger charge is 2.47. The zero-order valence-corrected chi connectivity index (χ0v) is 44.0. The largest absolute Gasteiger partial charge is 0.368 e. The van der Waals surface area contributed by atoms with Crippen LogP contribution in [0, 0.1) is 23.3 Å². The molecule has 12 rings (SSSR count). The smallest absolute Gasteiger partial charge is 0.364 e. The van der Waals surface area contributed by atoms with Gasteiger partial charge in [-0.15, -0.1) is 0 Å². The predicted octanol–water partition coefficient (Wildman–Crippen LogP) is 6.18. The van der Waals surface area contributed by atoms with Gasteiger partial charge in [0.05, 0.1) is 35.1 Å². The van der Waals surface area contributed by atoms with E-state index in [0.29, 0.717) is 41.4 Å². The number of hydrogen-bond donors (Lipinski definition) is 4. The van der Waals surface area contributed by atoms with Crippen LogP contribution in [0.2, 0.25) is 5.15 Å². The maximum Gasteiger partial charge on any atom is 0.368 e. The molecule has 4 atom stereocenters. The van der Waals surface area contributed by atoms with Gasteiger partial charge in [0.15, 0.2) is 22.6 Å². The van der Waals surface area contributed by atoms with E-state index in [1.807, 2.05) is 4.90 Å². The SMILES string of the molecule is CC1(C)CCC2CC(N)CC(=O)N21.Cn1nnn(-c2cc(Nc3ncc(F)c(Cl)n3)c(F)cc2C2CC2)c1=O.Cn1nnn(-c2cc(Nc3ncc(F)c(NC4CC(=O)N5C(CCC5(C)C)C4)n3)c(F)cc2C2CC2)c1=O. The van der Waals surface area contributed by atoms with Gasteiger partial charge in [0.25, 0.3) is 0 Å². The van der Waals surface area contributed by atoms with Gasteiger partial charge in [0, 0.05) is 62.2 Å². The molecular formula is C50H59ClF4N18O4. The normalized spacial score (nSPS) is 22.1. The Morgan fingerprint density at radius 1 is 0.610 bits per heavy atom. The average Bonchev–Trinajstić information content (AvgIpc) is 4.32. The Balaban J connectivity index is 0.000000148. The first-order valence-electron chi connectivity index (χ1n) is 25.6. The maximum absolute atomic E-state index is 15.1. The first-order valence-corrected chi connectivity index (χ1v) is 26.0. The molecule has 77 heavy (non-hydrogen) atoms. The quantitative estimate of drug-likeness (QED) is 0.0881. The molecule has 5 N–H and O–H groups in total. The lowest BCUT2D eigenvalue weighted by molar-refractivity contribution is -0.141. The summed E-state index contributed by atoms with van der Waals surface area (Å²) in [6, 6.07) is 5.97. The Morgan fingerprint density at radius 2 is 1.08 bits per heavy atom. The van der Waals surface area contributed by atoms with Gasteiger partial charge < -0.3 is 31.5 Å². The Kier molecular flexibility index (Phi) is 14.2. The molecule has 0 bridgehead atoms. The van der Waals surface area contributed by atoms with E-state index in [2.05, 4.69) is 89.3 Å². The van der Waals surface area contributed by atoms with Gasteiger partial charge in [-0.3, -0.25) is 9.59 Å². The fourth-order valence-corrected chi connectivity index (χ4v) is 11.2. The van der Waals surface area contributed by atoms with Crippen molar-refractivity contribution < 1.29 is 27.2 Å². The maximum atomic E-state index is 15.1. The minimum Gasteiger partial charge on any atom is -0.364 e. The number of rotatable bonds is 10. The first-order chi connectivity index (χ1) is 36.5. The summed E-state index contributed by atoms with van der Waals surface area (Å²) >= 11 is 5.62. The van der Waals surface area contributed by atoms with Gasteiger partial charge in [-0.1, -0.05) is 11.6 Å². The van der Waals surface area contributed by atoms with Crippen molar-refractivity contribution in [1.82, 2.24) is 69.3 Å². The first kappa shape index (κ1) is 53.1. The Labute approximate surface area is 443 Å². The van der Waals surface area contributed by atoms with Crippen molar-refractivity contribution in [3.8, 4) is 11.4 Å². The van der Waals surface area contributed by atoms with Crippen molar-refractivity contribution in [3.63, 3.8) is 0 Å². The molecular weight excluding hydrogens is 1030 g/mol. The topological polar surface area (TPSA) is 260 Å². The van der Waals surface area contributed by atoms with E-state index in [1.54, 1.807) is 0 Å². The molecule has 8 heterocycles. The molecule has 6 aliphatic rings. The molecule has 2 aliphatic carbocycles. The lowest BCUT2D eigenvalue weighted by atomic mass is 9.96. The molecule has 4 aliphatic heterocycles. The van der Waals surface area contributed by atoms with Crippen molar-refractivity contribution in [2.45, 2.75) is 152 Å². The summed E-state index contributed by atoms with van der Waals surface area (Å²) in [5.41, 5.74) is 7.01. The molecule has 2 saturated carbocycles. The molecule has 408 valence electrons. The Bertz CT molecular complexity index is 3390. The highest BCUT2D eigenvalue weighted by atomic mass is 35.5. The van der Waals surface area contributed by atoms with E-state index >= 15 is 4.39 Å². The number of carbonyl (C=O) groups is 2. The molecule has 0 spiro atoms. The number of halogens is 5. The number of tetrazole rings is 2. The minimum absolute atomic E-state index is 0.00429. The second-order valence-corrected chi connectivity index (χ2v) is 22.3. The van der Waals surface area contributed by atoms with Crippen LogP contribution < -0.4 is 33.1 Å². The number of nitrogens with zero attached hydrogens (tertiary/aromatic N) is 14. The number of nitrogens with two attached hydrogens (primary N) is 1. The molecule has 6 fully saturated rings. The molecule has 4 aromatic heterocycles. The number of aromatic nitrogens is 12. The number of anilines is 5. The molecule has 27 heteroatoms. The Hall–Kier alpha value is -7.35. The van der Waals surface area contributed by atoms with Crippen LogP contribution in [-0.2, 0) is 23.7 Å². The predicted molar refractivity (Wildman–Crippen MR) is 274 cm³/mol. The molecule has 4 unspecified atom stereocenters. The van der Waals surface area contributed by atoms with Crippen LogP contribution >= 0.6 is 11.6 Å². The van der Waals surface area contributed by atoms with Crippen LogP contribution in [0.15, 0.2) is 46.2 Å². The number of aryl methyl sites for hydroxylation is 2. The number of fused-ring (bicyclic) bond motifs is 2. The molecule has 22 nitrogen and oxygen atoms in total. The fourth-order valence-electron chi connectivity index (χ4n) is 11.1. The highest BCUT2D eigenvalue weighted by molar-refractivity contribution is 6.29. The summed E-state index contributed by atoms with van der Waals surface area (Å²) in [6.07, 6.45) is 12.0. The van der Waals surface area contributed by atoms with Crippen molar-refractivity contribution in [1.29, 1.82) is 0 Å². The lowest BCUT2D eigenvalue weighted by Gasteiger charge is -2.42. The zero-order valence-electron chi connectivity index (χ0n) is 43.3. The average molecular weight is 1090 g/mol. The third kappa shape index (κ3) is 11.0. The zero-order chi connectivity index (χ0) is 54.8. The third-order valence-corrected chi connectivity index (χ3v) is 15.5.